The van der Waals surface area contributed by atoms with Gasteiger partial charge in [-0.15, -0.1) is 0 Å². The Balaban J connectivity index is 2.21. The molecule has 14 heavy (non-hydrogen) atoms. The molecule has 78 valence electrons. The van der Waals surface area contributed by atoms with Gasteiger partial charge in [0.1, 0.15) is 0 Å². The zero-order valence-corrected chi connectivity index (χ0v) is 9.87. The van der Waals surface area contributed by atoms with Crippen LogP contribution in [0.1, 0.15) is 37.5 Å². The van der Waals surface area contributed by atoms with Crippen LogP contribution in [-0.4, -0.2) is 14.9 Å². The Labute approximate surface area is 92.2 Å². The van der Waals surface area contributed by atoms with Gasteiger partial charge in [-0.1, -0.05) is 12.8 Å². The van der Waals surface area contributed by atoms with Crippen LogP contribution in [0.25, 0.3) is 0 Å². The highest BCUT2D eigenvalue weighted by Crippen LogP contribution is 2.37. The average Bonchev–Trinajstić information content (AvgIpc) is 2.75. The van der Waals surface area contributed by atoms with Crippen molar-refractivity contribution in [2.24, 2.45) is 13.0 Å². The summed E-state index contributed by atoms with van der Waals surface area (Å²) < 4.78 is 2.67. The van der Waals surface area contributed by atoms with E-state index in [0.717, 1.165) is 23.0 Å². The van der Waals surface area contributed by atoms with Gasteiger partial charge in [0, 0.05) is 7.05 Å². The number of aromatic nitrogens is 2. The summed E-state index contributed by atoms with van der Waals surface area (Å²) in [5.41, 5.74) is 0.914. The van der Waals surface area contributed by atoms with E-state index in [-0.39, 0.29) is 6.10 Å². The van der Waals surface area contributed by atoms with E-state index in [1.807, 2.05) is 7.05 Å². The molecule has 0 radical (unpaired) electrons. The topological polar surface area (TPSA) is 38.0 Å². The zero-order valence-electron chi connectivity index (χ0n) is 8.28. The fourth-order valence-corrected chi connectivity index (χ4v) is 2.83. The largest absolute Gasteiger partial charge is 0.386 e. The number of hydrogen-bond donors (Lipinski definition) is 1. The summed E-state index contributed by atoms with van der Waals surface area (Å²) in [5, 5.41) is 14.3. The fraction of sp³-hybridized carbons (Fsp3) is 0.700. The minimum absolute atomic E-state index is 0.362. The van der Waals surface area contributed by atoms with E-state index in [1.165, 1.54) is 12.8 Å². The molecule has 0 saturated heterocycles. The minimum atomic E-state index is -0.362. The average molecular weight is 259 g/mol. The Morgan fingerprint density at radius 2 is 2.21 bits per heavy atom. The third-order valence-corrected chi connectivity index (χ3v) is 3.68. The molecule has 0 bridgehead atoms. The van der Waals surface area contributed by atoms with E-state index in [0.29, 0.717) is 5.92 Å². The van der Waals surface area contributed by atoms with Gasteiger partial charge in [-0.3, -0.25) is 4.68 Å². The minimum Gasteiger partial charge on any atom is -0.386 e. The summed E-state index contributed by atoms with van der Waals surface area (Å²) in [7, 11) is 1.87. The molecule has 1 aromatic heterocycles. The normalized spacial score (nSPS) is 20.2. The van der Waals surface area contributed by atoms with E-state index >= 15 is 0 Å². The number of rotatable bonds is 2. The van der Waals surface area contributed by atoms with Crippen LogP contribution in [0.5, 0.6) is 0 Å². The van der Waals surface area contributed by atoms with Crippen molar-refractivity contribution >= 4 is 15.9 Å². The lowest BCUT2D eigenvalue weighted by molar-refractivity contribution is 0.103. The summed E-state index contributed by atoms with van der Waals surface area (Å²) in [5.74, 6) is 0.418. The van der Waals surface area contributed by atoms with Gasteiger partial charge < -0.3 is 5.11 Å². The number of aliphatic hydroxyl groups excluding tert-OH is 1. The molecule has 1 heterocycles. The molecule has 1 atom stereocenters. The zero-order chi connectivity index (χ0) is 10.1. The summed E-state index contributed by atoms with van der Waals surface area (Å²) in [6.45, 7) is 0. The number of hydrogen-bond acceptors (Lipinski definition) is 2. The van der Waals surface area contributed by atoms with Crippen molar-refractivity contribution in [1.82, 2.24) is 9.78 Å². The van der Waals surface area contributed by atoms with Crippen LogP contribution in [0, 0.1) is 5.92 Å². The van der Waals surface area contributed by atoms with Gasteiger partial charge in [0.2, 0.25) is 0 Å². The first-order chi connectivity index (χ1) is 6.70. The summed E-state index contributed by atoms with van der Waals surface area (Å²) >= 11 is 3.42. The van der Waals surface area contributed by atoms with Crippen molar-refractivity contribution in [3.8, 4) is 0 Å². The van der Waals surface area contributed by atoms with Crippen LogP contribution >= 0.6 is 15.9 Å². The Bertz CT molecular complexity index is 298. The third kappa shape index (κ3) is 1.73. The molecule has 1 aliphatic rings. The van der Waals surface area contributed by atoms with Gasteiger partial charge in [-0.05, 0) is 34.7 Å². The molecule has 3 nitrogen and oxygen atoms in total. The van der Waals surface area contributed by atoms with Crippen molar-refractivity contribution < 1.29 is 5.11 Å². The molecule has 1 fully saturated rings. The summed E-state index contributed by atoms with van der Waals surface area (Å²) in [6, 6.07) is 0. The van der Waals surface area contributed by atoms with Crippen molar-refractivity contribution in [2.45, 2.75) is 31.8 Å². The fourth-order valence-electron chi connectivity index (χ4n) is 2.25. The first kappa shape index (κ1) is 10.2. The van der Waals surface area contributed by atoms with Crippen molar-refractivity contribution in [3.63, 3.8) is 0 Å². The molecule has 2 rings (SSSR count). The van der Waals surface area contributed by atoms with Gasteiger partial charge >= 0.3 is 0 Å². The highest BCUT2D eigenvalue weighted by Gasteiger charge is 2.27. The van der Waals surface area contributed by atoms with Gasteiger partial charge in [-0.2, -0.15) is 5.10 Å². The standard InChI is InChI=1S/C10H15BrN2O/c1-13-9(8(11)6-12-13)10(14)7-4-2-3-5-7/h6-7,10,14H,2-5H2,1H3. The van der Waals surface area contributed by atoms with Crippen LogP contribution in [0.4, 0.5) is 0 Å². The van der Waals surface area contributed by atoms with E-state index < -0.39 is 0 Å². The van der Waals surface area contributed by atoms with E-state index in [2.05, 4.69) is 21.0 Å². The van der Waals surface area contributed by atoms with Gasteiger partial charge in [0.25, 0.3) is 0 Å². The van der Waals surface area contributed by atoms with Crippen LogP contribution in [0.15, 0.2) is 10.7 Å². The van der Waals surface area contributed by atoms with Gasteiger partial charge in [0.05, 0.1) is 22.5 Å². The molecule has 1 saturated carbocycles. The van der Waals surface area contributed by atoms with Crippen LogP contribution in [0.3, 0.4) is 0 Å². The Morgan fingerprint density at radius 1 is 1.57 bits per heavy atom. The second-order valence-electron chi connectivity index (χ2n) is 3.99. The lowest BCUT2D eigenvalue weighted by atomic mass is 9.98. The molecule has 0 amide bonds. The molecule has 1 aromatic rings. The number of aliphatic hydroxyl groups is 1. The molecule has 4 heteroatoms. The van der Waals surface area contributed by atoms with Crippen LogP contribution in [0.2, 0.25) is 0 Å². The second kappa shape index (κ2) is 4.03. The molecule has 0 aromatic carbocycles. The van der Waals surface area contributed by atoms with E-state index in [4.69, 9.17) is 0 Å². The Kier molecular flexibility index (Phi) is 2.93. The predicted octanol–water partition coefficient (Wildman–Crippen LogP) is 2.41. The van der Waals surface area contributed by atoms with E-state index in [1.54, 1.807) is 10.9 Å². The number of halogens is 1. The molecule has 1 N–H and O–H groups in total. The van der Waals surface area contributed by atoms with Gasteiger partial charge in [0.15, 0.2) is 0 Å². The molecule has 1 aliphatic carbocycles. The van der Waals surface area contributed by atoms with Gasteiger partial charge in [-0.25, -0.2) is 0 Å². The third-order valence-electron chi connectivity index (χ3n) is 3.06. The molecule has 1 unspecified atom stereocenters. The van der Waals surface area contributed by atoms with Crippen LogP contribution < -0.4 is 0 Å². The quantitative estimate of drug-likeness (QED) is 0.885. The smallest absolute Gasteiger partial charge is 0.0996 e. The highest BCUT2D eigenvalue weighted by atomic mass is 79.9. The maximum absolute atomic E-state index is 10.2. The predicted molar refractivity (Wildman–Crippen MR) is 57.8 cm³/mol. The molecular formula is C10H15BrN2O. The first-order valence-electron chi connectivity index (χ1n) is 5.05. The van der Waals surface area contributed by atoms with E-state index in [9.17, 15) is 5.11 Å². The monoisotopic (exact) mass is 258 g/mol. The lowest BCUT2D eigenvalue weighted by Gasteiger charge is -2.18. The Morgan fingerprint density at radius 3 is 2.71 bits per heavy atom. The second-order valence-corrected chi connectivity index (χ2v) is 4.85. The van der Waals surface area contributed by atoms with Crippen LogP contribution in [-0.2, 0) is 7.05 Å². The molecule has 0 aliphatic heterocycles. The number of nitrogens with zero attached hydrogens (tertiary/aromatic N) is 2. The molecule has 0 spiro atoms. The summed E-state index contributed by atoms with van der Waals surface area (Å²) in [6.07, 6.45) is 6.15. The first-order valence-corrected chi connectivity index (χ1v) is 5.85. The highest BCUT2D eigenvalue weighted by molar-refractivity contribution is 9.10. The van der Waals surface area contributed by atoms with Crippen molar-refractivity contribution in [2.75, 3.05) is 0 Å². The van der Waals surface area contributed by atoms with Crippen molar-refractivity contribution in [1.29, 1.82) is 0 Å². The lowest BCUT2D eigenvalue weighted by Crippen LogP contribution is -2.13. The SMILES string of the molecule is Cn1ncc(Br)c1C(O)C1CCCC1. The van der Waals surface area contributed by atoms with Crippen molar-refractivity contribution in [3.05, 3.63) is 16.4 Å². The molecular weight excluding hydrogens is 244 g/mol. The number of aryl methyl sites for hydroxylation is 1. The summed E-state index contributed by atoms with van der Waals surface area (Å²) in [4.78, 5) is 0. The maximum Gasteiger partial charge on any atom is 0.0996 e. The maximum atomic E-state index is 10.2. The Hall–Kier alpha value is -0.350.